The minimum atomic E-state index is -4.52. The molecule has 11 nitrogen and oxygen atoms in total. The molecular weight excluding hydrogens is 416 g/mol. The Kier molecular flexibility index (Phi) is 6.33. The lowest BCUT2D eigenvalue weighted by Crippen LogP contribution is -2.48. The maximum Gasteiger partial charge on any atom is 0.318 e. The third kappa shape index (κ3) is 4.79. The third-order valence-electron chi connectivity index (χ3n) is 4.04. The van der Waals surface area contributed by atoms with E-state index in [1.807, 2.05) is 0 Å². The summed E-state index contributed by atoms with van der Waals surface area (Å²) in [7, 11) is -6.94. The fraction of sp³-hybridized carbons (Fsp3) is 0.467. The number of carboxylic acids is 1. The second-order valence-electron chi connectivity index (χ2n) is 6.20. The van der Waals surface area contributed by atoms with Crippen molar-refractivity contribution in [2.24, 2.45) is 0 Å². The van der Waals surface area contributed by atoms with Crippen LogP contribution in [0.25, 0.3) is 0 Å². The fourth-order valence-corrected chi connectivity index (χ4v) is 6.39. The fourth-order valence-electron chi connectivity index (χ4n) is 2.87. The first-order chi connectivity index (χ1) is 12.9. The molecule has 2 rings (SSSR count). The highest BCUT2D eigenvalue weighted by Crippen LogP contribution is 2.31. The number of hydrogen-bond donors (Lipinski definition) is 3. The molecule has 0 radical (unpaired) electrons. The van der Waals surface area contributed by atoms with E-state index in [2.05, 4.69) is 5.32 Å². The molecular formula is C15H20N2O9S2. The smallest absolute Gasteiger partial charge is 0.318 e. The molecule has 0 spiro atoms. The molecule has 0 aromatic heterocycles. The highest BCUT2D eigenvalue weighted by molar-refractivity contribution is 7.92. The number of carboxylic acid groups (broad SMARTS) is 1. The summed E-state index contributed by atoms with van der Waals surface area (Å²) in [5.41, 5.74) is 0.0333. The van der Waals surface area contributed by atoms with Crippen LogP contribution in [0.3, 0.4) is 0 Å². The van der Waals surface area contributed by atoms with Gasteiger partial charge in [0.1, 0.15) is 12.3 Å². The minimum Gasteiger partial charge on any atom is -0.495 e. The van der Waals surface area contributed by atoms with E-state index in [0.717, 1.165) is 12.1 Å². The van der Waals surface area contributed by atoms with Gasteiger partial charge in [-0.3, -0.25) is 9.59 Å². The highest BCUT2D eigenvalue weighted by atomic mass is 32.2. The average molecular weight is 436 g/mol. The Balaban J connectivity index is 2.54. The number of nitrogens with zero attached hydrogens (tertiary/aromatic N) is 1. The summed E-state index contributed by atoms with van der Waals surface area (Å²) in [4.78, 5) is 22.2. The third-order valence-corrected chi connectivity index (χ3v) is 7.61. The molecule has 1 aliphatic heterocycles. The largest absolute Gasteiger partial charge is 0.495 e. The van der Waals surface area contributed by atoms with E-state index in [1.54, 1.807) is 0 Å². The van der Waals surface area contributed by atoms with Gasteiger partial charge < -0.3 is 20.3 Å². The number of anilines is 1. The van der Waals surface area contributed by atoms with E-state index >= 15 is 0 Å². The van der Waals surface area contributed by atoms with E-state index in [9.17, 15) is 31.5 Å². The number of sulfonamides is 1. The van der Waals surface area contributed by atoms with Gasteiger partial charge >= 0.3 is 5.97 Å². The molecule has 1 aromatic rings. The molecule has 0 aliphatic carbocycles. The standard InChI is InChI=1S/C15H20N2O9S2/c1-9(18)16-11-5-10(3-4-14(11)26-2)28(24,25)17(6-15(20)21)12-7-27(22,23)8-13(12)19/h3-5,12-13,19H,6-8H2,1-2H3,(H,16,18)(H,20,21)/t12-,13+/m1/s1. The summed E-state index contributed by atoms with van der Waals surface area (Å²) >= 11 is 0. The Morgan fingerprint density at radius 3 is 2.43 bits per heavy atom. The molecule has 0 unspecified atom stereocenters. The van der Waals surface area contributed by atoms with Crippen LogP contribution >= 0.6 is 0 Å². The monoisotopic (exact) mass is 436 g/mol. The van der Waals surface area contributed by atoms with Crippen molar-refractivity contribution < 1.29 is 41.4 Å². The van der Waals surface area contributed by atoms with Gasteiger partial charge in [-0.1, -0.05) is 0 Å². The maximum absolute atomic E-state index is 13.1. The van der Waals surface area contributed by atoms with Crippen molar-refractivity contribution in [2.75, 3.05) is 30.5 Å². The zero-order chi connectivity index (χ0) is 21.3. The Hall–Kier alpha value is -2.22. The van der Waals surface area contributed by atoms with Gasteiger partial charge in [-0.15, -0.1) is 0 Å². The second-order valence-corrected chi connectivity index (χ2v) is 10.2. The van der Waals surface area contributed by atoms with E-state index in [4.69, 9.17) is 9.84 Å². The lowest BCUT2D eigenvalue weighted by atomic mass is 10.2. The first-order valence-electron chi connectivity index (χ1n) is 7.95. The van der Waals surface area contributed by atoms with Crippen LogP contribution < -0.4 is 10.1 Å². The van der Waals surface area contributed by atoms with E-state index in [1.165, 1.54) is 20.1 Å². The molecule has 1 saturated heterocycles. The summed E-state index contributed by atoms with van der Waals surface area (Å²) in [6, 6.07) is 2.01. The number of aliphatic carboxylic acids is 1. The number of aliphatic hydroxyl groups is 1. The SMILES string of the molecule is COc1ccc(S(=O)(=O)N(CC(=O)O)[C@@H]2CS(=O)(=O)C[C@@H]2O)cc1NC(C)=O. The minimum absolute atomic E-state index is 0.0333. The number of amides is 1. The van der Waals surface area contributed by atoms with Crippen molar-refractivity contribution >= 4 is 37.4 Å². The van der Waals surface area contributed by atoms with Gasteiger partial charge in [0.05, 0.1) is 41.3 Å². The number of nitrogens with one attached hydrogen (secondary N) is 1. The first-order valence-corrected chi connectivity index (χ1v) is 11.2. The lowest BCUT2D eigenvalue weighted by molar-refractivity contribution is -0.137. The van der Waals surface area contributed by atoms with Gasteiger partial charge in [0.2, 0.25) is 15.9 Å². The quantitative estimate of drug-likeness (QED) is 0.480. The number of methoxy groups -OCH3 is 1. The zero-order valence-corrected chi connectivity index (χ0v) is 16.7. The van der Waals surface area contributed by atoms with Gasteiger partial charge in [0, 0.05) is 6.92 Å². The summed E-state index contributed by atoms with van der Waals surface area (Å²) < 4.78 is 55.1. The van der Waals surface area contributed by atoms with Gasteiger partial charge in [-0.05, 0) is 18.2 Å². The van der Waals surface area contributed by atoms with Crippen molar-refractivity contribution in [3.8, 4) is 5.75 Å². The van der Waals surface area contributed by atoms with Gasteiger partial charge in [0.25, 0.3) is 0 Å². The summed E-state index contributed by atoms with van der Waals surface area (Å²) in [6.45, 7) is 0.165. The van der Waals surface area contributed by atoms with Crippen molar-refractivity contribution in [3.05, 3.63) is 18.2 Å². The molecule has 1 aromatic carbocycles. The molecule has 3 N–H and O–H groups in total. The second kappa shape index (κ2) is 8.03. The highest BCUT2D eigenvalue weighted by Gasteiger charge is 2.45. The van der Waals surface area contributed by atoms with Crippen LogP contribution in [-0.4, -0.2) is 80.5 Å². The molecule has 2 atom stereocenters. The number of aliphatic hydroxyl groups excluding tert-OH is 1. The number of rotatable bonds is 7. The molecule has 0 saturated carbocycles. The van der Waals surface area contributed by atoms with Crippen molar-refractivity contribution in [3.63, 3.8) is 0 Å². The number of benzene rings is 1. The first kappa shape index (κ1) is 22.1. The molecule has 1 heterocycles. The Morgan fingerprint density at radius 1 is 1.32 bits per heavy atom. The Morgan fingerprint density at radius 2 is 1.96 bits per heavy atom. The number of carbonyl (C=O) groups excluding carboxylic acids is 1. The van der Waals surface area contributed by atoms with Crippen LogP contribution in [0.1, 0.15) is 6.92 Å². The Labute approximate surface area is 161 Å². The van der Waals surface area contributed by atoms with Crippen molar-refractivity contribution in [1.82, 2.24) is 4.31 Å². The lowest BCUT2D eigenvalue weighted by Gasteiger charge is -2.28. The zero-order valence-electron chi connectivity index (χ0n) is 15.0. The van der Waals surface area contributed by atoms with E-state index in [-0.39, 0.29) is 11.4 Å². The van der Waals surface area contributed by atoms with Gasteiger partial charge in [0.15, 0.2) is 9.84 Å². The van der Waals surface area contributed by atoms with Crippen LogP contribution in [0, 0.1) is 0 Å². The number of carbonyl (C=O) groups is 2. The van der Waals surface area contributed by atoms with Crippen LogP contribution in [-0.2, 0) is 29.4 Å². The predicted molar refractivity (Wildman–Crippen MR) is 97.3 cm³/mol. The summed E-state index contributed by atoms with van der Waals surface area (Å²) in [5, 5.41) is 21.5. The maximum atomic E-state index is 13.1. The van der Waals surface area contributed by atoms with Crippen LogP contribution in [0.5, 0.6) is 5.75 Å². The predicted octanol–water partition coefficient (Wildman–Crippen LogP) is -1.11. The summed E-state index contributed by atoms with van der Waals surface area (Å²) in [5.74, 6) is -3.20. The van der Waals surface area contributed by atoms with Crippen LogP contribution in [0.4, 0.5) is 5.69 Å². The van der Waals surface area contributed by atoms with Crippen molar-refractivity contribution in [2.45, 2.75) is 24.0 Å². The molecule has 156 valence electrons. The topological polar surface area (TPSA) is 167 Å². The van der Waals surface area contributed by atoms with E-state index in [0.29, 0.717) is 4.31 Å². The van der Waals surface area contributed by atoms with Gasteiger partial charge in [-0.25, -0.2) is 16.8 Å². The molecule has 1 fully saturated rings. The van der Waals surface area contributed by atoms with Gasteiger partial charge in [-0.2, -0.15) is 4.31 Å². The van der Waals surface area contributed by atoms with Crippen molar-refractivity contribution in [1.29, 1.82) is 0 Å². The number of ether oxygens (including phenoxy) is 1. The average Bonchev–Trinajstić information content (AvgIpc) is 2.84. The molecule has 28 heavy (non-hydrogen) atoms. The normalized spacial score (nSPS) is 21.4. The number of hydrogen-bond acceptors (Lipinski definition) is 8. The summed E-state index contributed by atoms with van der Waals surface area (Å²) in [6.07, 6.45) is -1.56. The van der Waals surface area contributed by atoms with Crippen LogP contribution in [0.15, 0.2) is 23.1 Å². The molecule has 1 amide bonds. The Bertz CT molecular complexity index is 989. The van der Waals surface area contributed by atoms with Crippen LogP contribution in [0.2, 0.25) is 0 Å². The van der Waals surface area contributed by atoms with E-state index < -0.39 is 66.8 Å². The molecule has 1 aliphatic rings. The molecule has 0 bridgehead atoms. The number of sulfone groups is 1. The molecule has 13 heteroatoms.